The van der Waals surface area contributed by atoms with Crippen molar-refractivity contribution in [1.29, 1.82) is 5.26 Å². The van der Waals surface area contributed by atoms with E-state index in [4.69, 9.17) is 5.26 Å². The number of aliphatic hydroxyl groups excluding tert-OH is 1. The standard InChI is InChI=1S/C12H16BrN3O/c1-16(2)8-11(17)7-15-12-4-3-10(13)5-9(12)6-14/h3-5,11,15,17H,7-8H2,1-2H3. The zero-order valence-electron chi connectivity index (χ0n) is 9.94. The summed E-state index contributed by atoms with van der Waals surface area (Å²) in [4.78, 5) is 1.92. The lowest BCUT2D eigenvalue weighted by Crippen LogP contribution is -2.31. The lowest BCUT2D eigenvalue weighted by molar-refractivity contribution is 0.148. The van der Waals surface area contributed by atoms with Gasteiger partial charge in [0.25, 0.3) is 0 Å². The maximum atomic E-state index is 9.70. The lowest BCUT2D eigenvalue weighted by atomic mass is 10.2. The van der Waals surface area contributed by atoms with Gasteiger partial charge in [0.1, 0.15) is 6.07 Å². The van der Waals surface area contributed by atoms with Crippen molar-refractivity contribution in [2.24, 2.45) is 0 Å². The Hall–Kier alpha value is -1.09. The summed E-state index contributed by atoms with van der Waals surface area (Å²) < 4.78 is 0.869. The van der Waals surface area contributed by atoms with Crippen LogP contribution in [0.3, 0.4) is 0 Å². The summed E-state index contributed by atoms with van der Waals surface area (Å²) in [6.45, 7) is 1.01. The Morgan fingerprint density at radius 3 is 2.82 bits per heavy atom. The van der Waals surface area contributed by atoms with Gasteiger partial charge in [-0.15, -0.1) is 0 Å². The van der Waals surface area contributed by atoms with Crippen LogP contribution in [-0.4, -0.2) is 43.3 Å². The fraction of sp³-hybridized carbons (Fsp3) is 0.417. The number of nitrogens with one attached hydrogen (secondary N) is 1. The predicted molar refractivity (Wildman–Crippen MR) is 71.9 cm³/mol. The molecule has 1 aromatic carbocycles. The van der Waals surface area contributed by atoms with Gasteiger partial charge in [-0.2, -0.15) is 5.26 Å². The van der Waals surface area contributed by atoms with Gasteiger partial charge in [-0.3, -0.25) is 0 Å². The van der Waals surface area contributed by atoms with Crippen LogP contribution in [0, 0.1) is 11.3 Å². The van der Waals surface area contributed by atoms with Crippen molar-refractivity contribution >= 4 is 21.6 Å². The van der Waals surface area contributed by atoms with Crippen LogP contribution < -0.4 is 5.32 Å². The molecule has 0 saturated heterocycles. The van der Waals surface area contributed by atoms with E-state index in [0.717, 1.165) is 10.2 Å². The normalized spacial score (nSPS) is 12.2. The summed E-state index contributed by atoms with van der Waals surface area (Å²) in [5.41, 5.74) is 1.31. The van der Waals surface area contributed by atoms with Gasteiger partial charge in [0.05, 0.1) is 17.4 Å². The molecule has 0 aliphatic rings. The van der Waals surface area contributed by atoms with Crippen LogP contribution in [0.2, 0.25) is 0 Å². The van der Waals surface area contributed by atoms with Crippen molar-refractivity contribution in [1.82, 2.24) is 4.90 Å². The number of aliphatic hydroxyl groups is 1. The largest absolute Gasteiger partial charge is 0.390 e. The molecule has 1 rings (SSSR count). The van der Waals surface area contributed by atoms with Crippen molar-refractivity contribution in [3.8, 4) is 6.07 Å². The molecule has 0 bridgehead atoms. The summed E-state index contributed by atoms with van der Waals surface area (Å²) in [6, 6.07) is 7.55. The van der Waals surface area contributed by atoms with Crippen LogP contribution in [0.5, 0.6) is 0 Å². The molecule has 0 heterocycles. The van der Waals surface area contributed by atoms with Crippen LogP contribution in [-0.2, 0) is 0 Å². The molecule has 1 aromatic rings. The molecular weight excluding hydrogens is 282 g/mol. The number of likely N-dealkylation sites (N-methyl/N-ethyl adjacent to an activating group) is 1. The number of halogens is 1. The van der Waals surface area contributed by atoms with Crippen LogP contribution >= 0.6 is 15.9 Å². The highest BCUT2D eigenvalue weighted by atomic mass is 79.9. The third-order valence-corrected chi connectivity index (χ3v) is 2.70. The number of nitriles is 1. The highest BCUT2D eigenvalue weighted by molar-refractivity contribution is 9.10. The summed E-state index contributed by atoms with van der Waals surface area (Å²) in [7, 11) is 3.81. The molecule has 0 aliphatic heterocycles. The van der Waals surface area contributed by atoms with Gasteiger partial charge in [-0.05, 0) is 32.3 Å². The Morgan fingerprint density at radius 2 is 2.24 bits per heavy atom. The maximum absolute atomic E-state index is 9.70. The van der Waals surface area contributed by atoms with Crippen LogP contribution in [0.4, 0.5) is 5.69 Å². The van der Waals surface area contributed by atoms with Gasteiger partial charge in [0.2, 0.25) is 0 Å². The molecule has 5 heteroatoms. The zero-order valence-corrected chi connectivity index (χ0v) is 11.5. The fourth-order valence-electron chi connectivity index (χ4n) is 1.48. The molecule has 0 amide bonds. The van der Waals surface area contributed by atoms with Gasteiger partial charge >= 0.3 is 0 Å². The van der Waals surface area contributed by atoms with E-state index in [1.807, 2.05) is 31.1 Å². The Kier molecular flexibility index (Phi) is 5.42. The number of nitrogens with zero attached hydrogens (tertiary/aromatic N) is 2. The maximum Gasteiger partial charge on any atom is 0.101 e. The van der Waals surface area contributed by atoms with Gasteiger partial charge in [-0.1, -0.05) is 15.9 Å². The van der Waals surface area contributed by atoms with Gasteiger partial charge < -0.3 is 15.3 Å². The van der Waals surface area contributed by atoms with Crippen molar-refractivity contribution < 1.29 is 5.11 Å². The molecule has 1 atom stereocenters. The molecule has 2 N–H and O–H groups in total. The van der Waals surface area contributed by atoms with E-state index in [-0.39, 0.29) is 0 Å². The Balaban J connectivity index is 2.61. The predicted octanol–water partition coefficient (Wildman–Crippen LogP) is 1.66. The van der Waals surface area contributed by atoms with E-state index in [9.17, 15) is 5.11 Å². The van der Waals surface area contributed by atoms with Crippen molar-refractivity contribution in [3.05, 3.63) is 28.2 Å². The van der Waals surface area contributed by atoms with E-state index in [2.05, 4.69) is 27.3 Å². The van der Waals surface area contributed by atoms with Crippen molar-refractivity contribution in [2.45, 2.75) is 6.10 Å². The number of rotatable bonds is 5. The first kappa shape index (κ1) is 14.0. The minimum absolute atomic E-state index is 0.425. The Morgan fingerprint density at radius 1 is 1.53 bits per heavy atom. The van der Waals surface area contributed by atoms with Crippen LogP contribution in [0.25, 0.3) is 0 Å². The highest BCUT2D eigenvalue weighted by Gasteiger charge is 2.07. The van der Waals surface area contributed by atoms with Crippen LogP contribution in [0.1, 0.15) is 5.56 Å². The smallest absolute Gasteiger partial charge is 0.101 e. The minimum Gasteiger partial charge on any atom is -0.390 e. The minimum atomic E-state index is -0.458. The van der Waals surface area contributed by atoms with Gasteiger partial charge in [0.15, 0.2) is 0 Å². The molecule has 0 aromatic heterocycles. The monoisotopic (exact) mass is 297 g/mol. The summed E-state index contributed by atoms with van der Waals surface area (Å²) in [6.07, 6.45) is -0.458. The molecule has 0 aliphatic carbocycles. The molecule has 1 unspecified atom stereocenters. The van der Waals surface area contributed by atoms with E-state index >= 15 is 0 Å². The Bertz CT molecular complexity index is 415. The SMILES string of the molecule is CN(C)CC(O)CNc1ccc(Br)cc1C#N. The van der Waals surface area contributed by atoms with Gasteiger partial charge in [-0.25, -0.2) is 0 Å². The third kappa shape index (κ3) is 4.73. The van der Waals surface area contributed by atoms with Crippen molar-refractivity contribution in [3.63, 3.8) is 0 Å². The second-order valence-corrected chi connectivity index (χ2v) is 5.01. The molecule has 0 spiro atoms. The van der Waals surface area contributed by atoms with Gasteiger partial charge in [0, 0.05) is 17.6 Å². The fourth-order valence-corrected chi connectivity index (χ4v) is 1.84. The quantitative estimate of drug-likeness (QED) is 0.868. The highest BCUT2D eigenvalue weighted by Crippen LogP contribution is 2.20. The lowest BCUT2D eigenvalue weighted by Gasteiger charge is -2.17. The average Bonchev–Trinajstić information content (AvgIpc) is 2.26. The van der Waals surface area contributed by atoms with Crippen molar-refractivity contribution in [2.75, 3.05) is 32.5 Å². The number of hydrogen-bond donors (Lipinski definition) is 2. The number of anilines is 1. The number of benzene rings is 1. The molecule has 0 saturated carbocycles. The summed E-state index contributed by atoms with van der Waals surface area (Å²) in [5.74, 6) is 0. The second kappa shape index (κ2) is 6.60. The molecule has 4 nitrogen and oxygen atoms in total. The summed E-state index contributed by atoms with van der Waals surface area (Å²) >= 11 is 3.31. The van der Waals surface area contributed by atoms with E-state index in [1.54, 1.807) is 6.07 Å². The second-order valence-electron chi connectivity index (χ2n) is 4.10. The molecular formula is C12H16BrN3O. The first-order chi connectivity index (χ1) is 8.02. The summed E-state index contributed by atoms with van der Waals surface area (Å²) in [5, 5.41) is 21.8. The zero-order chi connectivity index (χ0) is 12.8. The van der Waals surface area contributed by atoms with Crippen LogP contribution in [0.15, 0.2) is 22.7 Å². The average molecular weight is 298 g/mol. The topological polar surface area (TPSA) is 59.3 Å². The first-order valence-corrected chi connectivity index (χ1v) is 6.08. The van der Waals surface area contributed by atoms with E-state index < -0.39 is 6.10 Å². The number of hydrogen-bond acceptors (Lipinski definition) is 4. The molecule has 0 fully saturated rings. The third-order valence-electron chi connectivity index (χ3n) is 2.21. The first-order valence-electron chi connectivity index (χ1n) is 5.29. The Labute approximate surface area is 110 Å². The molecule has 92 valence electrons. The van der Waals surface area contributed by atoms with E-state index in [1.165, 1.54) is 0 Å². The molecule has 17 heavy (non-hydrogen) atoms. The van der Waals surface area contributed by atoms with E-state index in [0.29, 0.717) is 18.7 Å². The molecule has 0 radical (unpaired) electrons.